The highest BCUT2D eigenvalue weighted by molar-refractivity contribution is 7.92. The largest absolute Gasteiger partial charge is 0.494 e. The van der Waals surface area contributed by atoms with Crippen LogP contribution in [0.1, 0.15) is 11.3 Å². The number of anilines is 2. The quantitative estimate of drug-likeness (QED) is 0.816. The molecule has 0 radical (unpaired) electrons. The highest BCUT2D eigenvalue weighted by Crippen LogP contribution is 2.35. The fraction of sp³-hybridized carbons (Fsp3) is 0.333. The van der Waals surface area contributed by atoms with E-state index in [2.05, 4.69) is 10.5 Å². The number of methoxy groups -OCH3 is 1. The summed E-state index contributed by atoms with van der Waals surface area (Å²) in [7, 11) is -2.36. The molecule has 0 saturated carbocycles. The standard InChI is InChI=1S/C15H18ClN3O5S/c1-9-5-12(13(23-3)7-11(9)16)19(25(4,21)22)8-15(20)17-14-6-10(2)24-18-14/h5-7H,8H2,1-4H3,(H,17,18,20). The van der Waals surface area contributed by atoms with E-state index in [0.717, 1.165) is 10.6 Å². The first kappa shape index (κ1) is 19.1. The van der Waals surface area contributed by atoms with Crippen molar-refractivity contribution in [3.63, 3.8) is 0 Å². The molecule has 2 aromatic rings. The number of sulfonamides is 1. The molecule has 0 aliphatic carbocycles. The van der Waals surface area contributed by atoms with Gasteiger partial charge in [-0.15, -0.1) is 0 Å². The summed E-state index contributed by atoms with van der Waals surface area (Å²) in [5, 5.41) is 6.55. The highest BCUT2D eigenvalue weighted by atomic mass is 35.5. The topological polar surface area (TPSA) is 102 Å². The van der Waals surface area contributed by atoms with Gasteiger partial charge in [-0.05, 0) is 25.5 Å². The van der Waals surface area contributed by atoms with Crippen molar-refractivity contribution < 1.29 is 22.5 Å². The lowest BCUT2D eigenvalue weighted by atomic mass is 10.2. The van der Waals surface area contributed by atoms with E-state index in [4.69, 9.17) is 20.9 Å². The number of halogens is 1. The lowest BCUT2D eigenvalue weighted by molar-refractivity contribution is -0.114. The maximum absolute atomic E-state index is 12.2. The zero-order valence-corrected chi connectivity index (χ0v) is 15.7. The number of nitrogens with one attached hydrogen (secondary N) is 1. The van der Waals surface area contributed by atoms with Crippen LogP contribution in [0.5, 0.6) is 5.75 Å². The Morgan fingerprint density at radius 3 is 2.56 bits per heavy atom. The molecule has 0 fully saturated rings. The van der Waals surface area contributed by atoms with Crippen LogP contribution in [0.15, 0.2) is 22.7 Å². The van der Waals surface area contributed by atoms with Gasteiger partial charge in [-0.3, -0.25) is 9.10 Å². The van der Waals surface area contributed by atoms with Gasteiger partial charge in [-0.1, -0.05) is 16.8 Å². The maximum Gasteiger partial charge on any atom is 0.246 e. The Morgan fingerprint density at radius 1 is 1.36 bits per heavy atom. The summed E-state index contributed by atoms with van der Waals surface area (Å²) in [5.74, 6) is 0.389. The van der Waals surface area contributed by atoms with E-state index in [0.29, 0.717) is 16.3 Å². The molecule has 0 saturated heterocycles. The van der Waals surface area contributed by atoms with Gasteiger partial charge in [0, 0.05) is 17.2 Å². The van der Waals surface area contributed by atoms with Gasteiger partial charge in [-0.25, -0.2) is 8.42 Å². The van der Waals surface area contributed by atoms with Crippen LogP contribution in [0, 0.1) is 13.8 Å². The molecule has 2 rings (SSSR count). The molecule has 8 nitrogen and oxygen atoms in total. The first-order chi connectivity index (χ1) is 11.6. The zero-order chi connectivity index (χ0) is 18.8. The van der Waals surface area contributed by atoms with E-state index in [1.54, 1.807) is 19.9 Å². The van der Waals surface area contributed by atoms with Gasteiger partial charge in [0.15, 0.2) is 5.82 Å². The molecular weight excluding hydrogens is 370 g/mol. The van der Waals surface area contributed by atoms with E-state index in [9.17, 15) is 13.2 Å². The highest BCUT2D eigenvalue weighted by Gasteiger charge is 2.25. The predicted octanol–water partition coefficient (Wildman–Crippen LogP) is 2.36. The molecule has 1 aromatic heterocycles. The van der Waals surface area contributed by atoms with Gasteiger partial charge in [0.25, 0.3) is 0 Å². The third-order valence-corrected chi connectivity index (χ3v) is 4.85. The van der Waals surface area contributed by atoms with Crippen molar-refractivity contribution in [2.75, 3.05) is 29.5 Å². The van der Waals surface area contributed by atoms with Crippen molar-refractivity contribution in [2.45, 2.75) is 13.8 Å². The second-order valence-corrected chi connectivity index (χ2v) is 7.73. The number of amides is 1. The van der Waals surface area contributed by atoms with Gasteiger partial charge >= 0.3 is 0 Å². The molecule has 0 aliphatic heterocycles. The smallest absolute Gasteiger partial charge is 0.246 e. The summed E-state index contributed by atoms with van der Waals surface area (Å²) in [6.45, 7) is 2.94. The van der Waals surface area contributed by atoms with Gasteiger partial charge in [0.2, 0.25) is 15.9 Å². The van der Waals surface area contributed by atoms with Crippen LogP contribution >= 0.6 is 11.6 Å². The van der Waals surface area contributed by atoms with Crippen molar-refractivity contribution in [1.29, 1.82) is 0 Å². The van der Waals surface area contributed by atoms with Crippen molar-refractivity contribution >= 4 is 39.0 Å². The maximum atomic E-state index is 12.2. The summed E-state index contributed by atoms with van der Waals surface area (Å²) in [6, 6.07) is 4.58. The number of hydrogen-bond donors (Lipinski definition) is 1. The summed E-state index contributed by atoms with van der Waals surface area (Å²) in [6.07, 6.45) is 1.00. The Labute approximate surface area is 150 Å². The average Bonchev–Trinajstić information content (AvgIpc) is 2.91. The van der Waals surface area contributed by atoms with Crippen LogP contribution < -0.4 is 14.4 Å². The fourth-order valence-corrected chi connectivity index (χ4v) is 3.13. The lowest BCUT2D eigenvalue weighted by Crippen LogP contribution is -2.37. The number of ether oxygens (including phenoxy) is 1. The minimum absolute atomic E-state index is 0.204. The van der Waals surface area contributed by atoms with Gasteiger partial charge < -0.3 is 14.6 Å². The molecule has 0 atom stereocenters. The second kappa shape index (κ2) is 7.32. The molecule has 1 amide bonds. The Bertz CT molecular complexity index is 895. The van der Waals surface area contributed by atoms with Crippen molar-refractivity contribution in [3.05, 3.63) is 34.5 Å². The molecule has 1 heterocycles. The minimum atomic E-state index is -3.76. The SMILES string of the molecule is COc1cc(Cl)c(C)cc1N(CC(=O)Nc1cc(C)on1)S(C)(=O)=O. The normalized spacial score (nSPS) is 11.2. The summed E-state index contributed by atoms with van der Waals surface area (Å²) < 4.78 is 35.4. The fourth-order valence-electron chi connectivity index (χ4n) is 2.13. The Hall–Kier alpha value is -2.26. The molecule has 0 aliphatic rings. The average molecular weight is 388 g/mol. The van der Waals surface area contributed by atoms with Crippen LogP contribution in [0.4, 0.5) is 11.5 Å². The summed E-state index contributed by atoms with van der Waals surface area (Å²) >= 11 is 6.05. The molecule has 10 heteroatoms. The van der Waals surface area contributed by atoms with Gasteiger partial charge in [-0.2, -0.15) is 0 Å². The molecule has 25 heavy (non-hydrogen) atoms. The van der Waals surface area contributed by atoms with Crippen LogP contribution in [-0.4, -0.2) is 39.4 Å². The number of nitrogens with zero attached hydrogens (tertiary/aromatic N) is 2. The molecule has 1 N–H and O–H groups in total. The zero-order valence-electron chi connectivity index (χ0n) is 14.2. The van der Waals surface area contributed by atoms with E-state index in [1.807, 2.05) is 0 Å². The van der Waals surface area contributed by atoms with Crippen molar-refractivity contribution in [2.24, 2.45) is 0 Å². The number of benzene rings is 1. The second-order valence-electron chi connectivity index (χ2n) is 5.41. The molecule has 0 bridgehead atoms. The van der Waals surface area contributed by atoms with Crippen LogP contribution in [0.2, 0.25) is 5.02 Å². The molecule has 0 unspecified atom stereocenters. The van der Waals surface area contributed by atoms with Gasteiger partial charge in [0.05, 0.1) is 19.1 Å². The molecular formula is C15H18ClN3O5S. The van der Waals surface area contributed by atoms with Crippen LogP contribution in [-0.2, 0) is 14.8 Å². The molecule has 1 aromatic carbocycles. The first-order valence-electron chi connectivity index (χ1n) is 7.17. The molecule has 0 spiro atoms. The van der Waals surface area contributed by atoms with Crippen molar-refractivity contribution in [3.8, 4) is 5.75 Å². The monoisotopic (exact) mass is 387 g/mol. The Kier molecular flexibility index (Phi) is 5.58. The van der Waals surface area contributed by atoms with Gasteiger partial charge in [0.1, 0.15) is 18.1 Å². The van der Waals surface area contributed by atoms with Crippen LogP contribution in [0.3, 0.4) is 0 Å². The van der Waals surface area contributed by atoms with Crippen LogP contribution in [0.25, 0.3) is 0 Å². The Balaban J connectivity index is 2.34. The molecule has 136 valence electrons. The number of carbonyl (C=O) groups is 1. The lowest BCUT2D eigenvalue weighted by Gasteiger charge is -2.24. The predicted molar refractivity (Wildman–Crippen MR) is 94.8 cm³/mol. The number of carbonyl (C=O) groups excluding carboxylic acids is 1. The summed E-state index contributed by atoms with van der Waals surface area (Å²) in [5.41, 5.74) is 0.872. The first-order valence-corrected chi connectivity index (χ1v) is 9.39. The number of aromatic nitrogens is 1. The van der Waals surface area contributed by atoms with E-state index in [1.165, 1.54) is 19.2 Å². The third kappa shape index (κ3) is 4.64. The third-order valence-electron chi connectivity index (χ3n) is 3.31. The number of aryl methyl sites for hydroxylation is 2. The van der Waals surface area contributed by atoms with E-state index < -0.39 is 22.5 Å². The Morgan fingerprint density at radius 2 is 2.04 bits per heavy atom. The number of hydrogen-bond acceptors (Lipinski definition) is 6. The van der Waals surface area contributed by atoms with E-state index >= 15 is 0 Å². The van der Waals surface area contributed by atoms with Crippen molar-refractivity contribution in [1.82, 2.24) is 5.16 Å². The summed E-state index contributed by atoms with van der Waals surface area (Å²) in [4.78, 5) is 12.2. The van der Waals surface area contributed by atoms with E-state index in [-0.39, 0.29) is 17.3 Å². The number of rotatable bonds is 6. The minimum Gasteiger partial charge on any atom is -0.494 e.